The summed E-state index contributed by atoms with van der Waals surface area (Å²) in [4.78, 5) is 41.4. The molecule has 0 spiro atoms. The van der Waals surface area contributed by atoms with E-state index in [4.69, 9.17) is 14.9 Å². The molecule has 4 heterocycles. The molecule has 0 aliphatic carbocycles. The average molecular weight is 610 g/mol. The van der Waals surface area contributed by atoms with Crippen LogP contribution in [0.4, 0.5) is 14.5 Å². The van der Waals surface area contributed by atoms with Crippen LogP contribution in [0.5, 0.6) is 5.75 Å². The first-order valence-corrected chi connectivity index (χ1v) is 13.7. The van der Waals surface area contributed by atoms with Crippen molar-refractivity contribution in [3.63, 3.8) is 0 Å². The van der Waals surface area contributed by atoms with Crippen molar-refractivity contribution < 1.29 is 37.1 Å². The molecule has 0 saturated carbocycles. The monoisotopic (exact) mass is 609 g/mol. The van der Waals surface area contributed by atoms with Gasteiger partial charge in [-0.25, -0.2) is 18.6 Å². The number of anilines is 1. The van der Waals surface area contributed by atoms with Crippen LogP contribution in [-0.2, 0) is 17.9 Å². The topological polar surface area (TPSA) is 152 Å². The number of primary amides is 1. The number of pyridine rings is 1. The van der Waals surface area contributed by atoms with Crippen molar-refractivity contribution in [1.82, 2.24) is 14.8 Å². The summed E-state index contributed by atoms with van der Waals surface area (Å²) in [7, 11) is 1.29. The fourth-order valence-corrected chi connectivity index (χ4v) is 5.49. The van der Waals surface area contributed by atoms with Crippen LogP contribution in [0.1, 0.15) is 61.1 Å². The first-order chi connectivity index (χ1) is 20.6. The number of aromatic nitrogens is 3. The summed E-state index contributed by atoms with van der Waals surface area (Å²) >= 11 is 0.803. The zero-order valence-corrected chi connectivity index (χ0v) is 24.0. The standard InChI is InChI=1S/C29H25F2N5O6S/c1-4-36-14(2)19(12-33-36)18-11-20(25(30)31)34-28-22(18)23(24(43-28)26(32)37)35-27(38)21-10-9-17(42-21)13-41-16-7-5-15(6-8-16)29(39)40-3/h5-12,25H,4,13H2,1-3H3,(H2,32,37)(H,35,38). The number of rotatable bonds is 10. The predicted octanol–water partition coefficient (Wildman–Crippen LogP) is 5.74. The van der Waals surface area contributed by atoms with E-state index in [1.807, 2.05) is 6.92 Å². The van der Waals surface area contributed by atoms with Gasteiger partial charge in [0.25, 0.3) is 18.2 Å². The lowest BCUT2D eigenvalue weighted by Crippen LogP contribution is -2.16. The number of nitrogens with one attached hydrogen (secondary N) is 1. The minimum Gasteiger partial charge on any atom is -0.486 e. The molecule has 3 N–H and O–H groups in total. The molecule has 2 amide bonds. The Labute approximate surface area is 247 Å². The van der Waals surface area contributed by atoms with Gasteiger partial charge in [0.15, 0.2) is 5.76 Å². The maximum absolute atomic E-state index is 13.8. The fourth-order valence-electron chi connectivity index (χ4n) is 4.48. The second-order valence-corrected chi connectivity index (χ2v) is 10.2. The number of hydrogen-bond acceptors (Lipinski definition) is 9. The molecule has 1 aromatic carbocycles. The molecule has 0 aliphatic heterocycles. The number of esters is 1. The number of amides is 2. The van der Waals surface area contributed by atoms with Crippen LogP contribution in [0.2, 0.25) is 0 Å². The summed E-state index contributed by atoms with van der Waals surface area (Å²) < 4.78 is 45.3. The second-order valence-electron chi connectivity index (χ2n) is 9.23. The number of furan rings is 1. The Morgan fingerprint density at radius 1 is 1.14 bits per heavy atom. The Balaban J connectivity index is 1.45. The normalized spacial score (nSPS) is 11.2. The van der Waals surface area contributed by atoms with Crippen LogP contribution in [0, 0.1) is 6.92 Å². The van der Waals surface area contributed by atoms with E-state index >= 15 is 0 Å². The number of carbonyl (C=O) groups is 3. The van der Waals surface area contributed by atoms with E-state index in [2.05, 4.69) is 20.1 Å². The highest BCUT2D eigenvalue weighted by atomic mass is 32.1. The molecule has 5 aromatic rings. The first kappa shape index (κ1) is 29.4. The van der Waals surface area contributed by atoms with E-state index in [0.29, 0.717) is 40.4 Å². The number of ether oxygens (including phenoxy) is 2. The van der Waals surface area contributed by atoms with Gasteiger partial charge in [0.05, 0.1) is 24.6 Å². The number of nitrogens with zero attached hydrogens (tertiary/aromatic N) is 3. The van der Waals surface area contributed by atoms with Crippen LogP contribution in [0.25, 0.3) is 21.3 Å². The summed E-state index contributed by atoms with van der Waals surface area (Å²) in [5, 5.41) is 7.27. The van der Waals surface area contributed by atoms with Gasteiger partial charge in [0, 0.05) is 23.2 Å². The molecule has 0 unspecified atom stereocenters. The highest BCUT2D eigenvalue weighted by molar-refractivity contribution is 7.21. The summed E-state index contributed by atoms with van der Waals surface area (Å²) in [6.07, 6.45) is -1.34. The zero-order chi connectivity index (χ0) is 30.8. The van der Waals surface area contributed by atoms with E-state index in [0.717, 1.165) is 11.3 Å². The Bertz CT molecular complexity index is 1840. The highest BCUT2D eigenvalue weighted by Crippen LogP contribution is 2.43. The molecule has 0 aliphatic rings. The molecular weight excluding hydrogens is 584 g/mol. The molecular formula is C29H25F2N5O6S. The zero-order valence-electron chi connectivity index (χ0n) is 23.1. The van der Waals surface area contributed by atoms with E-state index in [9.17, 15) is 23.2 Å². The summed E-state index contributed by atoms with van der Waals surface area (Å²) in [6, 6.07) is 10.5. The van der Waals surface area contributed by atoms with Crippen LogP contribution in [0.15, 0.2) is 53.1 Å². The van der Waals surface area contributed by atoms with Gasteiger partial charge in [-0.1, -0.05) is 0 Å². The molecule has 222 valence electrons. The number of alkyl halides is 2. The van der Waals surface area contributed by atoms with Crippen molar-refractivity contribution in [3.8, 4) is 16.9 Å². The summed E-state index contributed by atoms with van der Waals surface area (Å²) in [5.41, 5.74) is 7.10. The number of carbonyl (C=O) groups excluding carboxylic acids is 3. The molecule has 5 rings (SSSR count). The van der Waals surface area contributed by atoms with Crippen molar-refractivity contribution in [2.75, 3.05) is 12.4 Å². The van der Waals surface area contributed by atoms with Gasteiger partial charge in [-0.2, -0.15) is 5.10 Å². The smallest absolute Gasteiger partial charge is 0.337 e. The van der Waals surface area contributed by atoms with Crippen LogP contribution < -0.4 is 15.8 Å². The molecule has 43 heavy (non-hydrogen) atoms. The highest BCUT2D eigenvalue weighted by Gasteiger charge is 2.27. The lowest BCUT2D eigenvalue weighted by molar-refractivity contribution is 0.0600. The van der Waals surface area contributed by atoms with Gasteiger partial charge in [-0.3, -0.25) is 14.3 Å². The third-order valence-corrected chi connectivity index (χ3v) is 7.70. The number of thiophene rings is 1. The minimum atomic E-state index is -2.88. The van der Waals surface area contributed by atoms with Crippen molar-refractivity contribution in [3.05, 3.63) is 82.0 Å². The van der Waals surface area contributed by atoms with Gasteiger partial charge in [-0.15, -0.1) is 11.3 Å². The number of benzene rings is 1. The average Bonchev–Trinajstić information content (AvgIpc) is 3.72. The first-order valence-electron chi connectivity index (χ1n) is 12.9. The van der Waals surface area contributed by atoms with Gasteiger partial charge < -0.3 is 24.9 Å². The van der Waals surface area contributed by atoms with Crippen molar-refractivity contribution in [1.29, 1.82) is 0 Å². The lowest BCUT2D eigenvalue weighted by atomic mass is 10.0. The van der Waals surface area contributed by atoms with Gasteiger partial charge in [0.1, 0.15) is 33.5 Å². The molecule has 0 bridgehead atoms. The second kappa shape index (κ2) is 12.0. The van der Waals surface area contributed by atoms with E-state index in [1.54, 1.807) is 41.9 Å². The molecule has 0 saturated heterocycles. The minimum absolute atomic E-state index is 0.0239. The van der Waals surface area contributed by atoms with Crippen molar-refractivity contribution in [2.45, 2.75) is 33.4 Å². The Morgan fingerprint density at radius 3 is 2.51 bits per heavy atom. The predicted molar refractivity (Wildman–Crippen MR) is 154 cm³/mol. The third-order valence-electron chi connectivity index (χ3n) is 6.60. The van der Waals surface area contributed by atoms with E-state index in [1.165, 1.54) is 25.4 Å². The molecule has 4 aromatic heterocycles. The van der Waals surface area contributed by atoms with Crippen molar-refractivity contribution in [2.24, 2.45) is 5.73 Å². The van der Waals surface area contributed by atoms with Crippen LogP contribution >= 0.6 is 11.3 Å². The van der Waals surface area contributed by atoms with E-state index in [-0.39, 0.29) is 33.1 Å². The molecule has 14 heteroatoms. The number of methoxy groups -OCH3 is 1. The van der Waals surface area contributed by atoms with Gasteiger partial charge >= 0.3 is 5.97 Å². The SMILES string of the molecule is CCn1ncc(-c2cc(C(F)F)nc3sc(C(N)=O)c(NC(=O)c4ccc(COc5ccc(C(=O)OC)cc5)o4)c23)c1C. The van der Waals surface area contributed by atoms with Crippen LogP contribution in [-0.4, -0.2) is 39.7 Å². The Kier molecular flexibility index (Phi) is 8.21. The number of hydrogen-bond donors (Lipinski definition) is 2. The number of aryl methyl sites for hydroxylation is 1. The maximum Gasteiger partial charge on any atom is 0.337 e. The Morgan fingerprint density at radius 2 is 1.88 bits per heavy atom. The van der Waals surface area contributed by atoms with E-state index < -0.39 is 29.9 Å². The molecule has 0 atom stereocenters. The third kappa shape index (κ3) is 5.81. The lowest BCUT2D eigenvalue weighted by Gasteiger charge is -2.10. The van der Waals surface area contributed by atoms with Crippen molar-refractivity contribution >= 4 is 45.0 Å². The number of halogens is 2. The maximum atomic E-state index is 13.8. The molecule has 11 nitrogen and oxygen atoms in total. The van der Waals surface area contributed by atoms with Gasteiger partial charge in [-0.05, 0) is 61.9 Å². The number of fused-ring (bicyclic) bond motifs is 1. The molecule has 0 fully saturated rings. The Hall–Kier alpha value is -5.11. The van der Waals surface area contributed by atoms with Gasteiger partial charge in [0.2, 0.25) is 0 Å². The summed E-state index contributed by atoms with van der Waals surface area (Å²) in [6.45, 7) is 4.20. The summed E-state index contributed by atoms with van der Waals surface area (Å²) in [5.74, 6) is -1.37. The molecule has 0 radical (unpaired) electrons. The number of nitrogens with two attached hydrogens (primary N) is 1. The van der Waals surface area contributed by atoms with Crippen LogP contribution in [0.3, 0.4) is 0 Å². The largest absolute Gasteiger partial charge is 0.486 e. The quantitative estimate of drug-likeness (QED) is 0.190. The fraction of sp³-hybridized carbons (Fsp3) is 0.207.